The van der Waals surface area contributed by atoms with E-state index < -0.39 is 5.97 Å². The molecule has 1 aromatic heterocycles. The van der Waals surface area contributed by atoms with E-state index in [1.807, 2.05) is 18.2 Å². The maximum absolute atomic E-state index is 10.5. The van der Waals surface area contributed by atoms with Gasteiger partial charge in [0.25, 0.3) is 0 Å². The van der Waals surface area contributed by atoms with Crippen molar-refractivity contribution < 1.29 is 9.90 Å². The molecular weight excluding hydrogens is 154 g/mol. The molecular formula is C9H7NO2. The summed E-state index contributed by atoms with van der Waals surface area (Å²) in [5, 5.41) is 8.63. The predicted octanol–water partition coefficient (Wildman–Crippen LogP) is 1.35. The van der Waals surface area contributed by atoms with Crippen LogP contribution in [0.5, 0.6) is 0 Å². The van der Waals surface area contributed by atoms with Gasteiger partial charge in [0.05, 0.1) is 5.69 Å². The number of aromatic nitrogens is 1. The number of carboxylic acid groups (broad SMARTS) is 1. The minimum Gasteiger partial charge on any atom is -0.477 e. The summed E-state index contributed by atoms with van der Waals surface area (Å²) in [6.45, 7) is 0. The number of carbonyl (C=O) groups is 1. The fourth-order valence-electron chi connectivity index (χ4n) is 1.24. The third-order valence-corrected chi connectivity index (χ3v) is 1.84. The summed E-state index contributed by atoms with van der Waals surface area (Å²) in [5.41, 5.74) is 2.00. The lowest BCUT2D eigenvalue weighted by molar-refractivity contribution is 0.0690. The first-order valence-electron chi connectivity index (χ1n) is 3.67. The Morgan fingerprint density at radius 3 is 3.08 bits per heavy atom. The van der Waals surface area contributed by atoms with Crippen molar-refractivity contribution in [2.75, 3.05) is 0 Å². The van der Waals surface area contributed by atoms with Gasteiger partial charge in [-0.05, 0) is 24.1 Å². The fourth-order valence-corrected chi connectivity index (χ4v) is 1.24. The molecule has 0 atom stereocenters. The zero-order valence-corrected chi connectivity index (χ0v) is 6.32. The van der Waals surface area contributed by atoms with Gasteiger partial charge in [0, 0.05) is 0 Å². The maximum atomic E-state index is 10.5. The van der Waals surface area contributed by atoms with Gasteiger partial charge in [-0.1, -0.05) is 12.1 Å². The number of nitrogens with zero attached hydrogens (tertiary/aromatic N) is 1. The van der Waals surface area contributed by atoms with Crippen molar-refractivity contribution in [2.45, 2.75) is 6.42 Å². The molecule has 0 aromatic carbocycles. The van der Waals surface area contributed by atoms with Crippen LogP contribution in [0.4, 0.5) is 0 Å². The Bertz CT molecular complexity index is 369. The molecule has 60 valence electrons. The Balaban J connectivity index is 2.51. The van der Waals surface area contributed by atoms with Gasteiger partial charge < -0.3 is 5.11 Å². The van der Waals surface area contributed by atoms with Crippen LogP contribution in [0.25, 0.3) is 6.08 Å². The van der Waals surface area contributed by atoms with Crippen LogP contribution in [0.15, 0.2) is 18.2 Å². The van der Waals surface area contributed by atoms with E-state index in [1.54, 1.807) is 0 Å². The Kier molecular flexibility index (Phi) is 1.43. The summed E-state index contributed by atoms with van der Waals surface area (Å²) >= 11 is 0. The highest BCUT2D eigenvalue weighted by molar-refractivity contribution is 5.85. The van der Waals surface area contributed by atoms with Crippen LogP contribution in [0.1, 0.15) is 21.7 Å². The molecule has 1 aliphatic carbocycles. The van der Waals surface area contributed by atoms with Crippen LogP contribution >= 0.6 is 0 Å². The summed E-state index contributed by atoms with van der Waals surface area (Å²) in [7, 11) is 0. The van der Waals surface area contributed by atoms with Crippen molar-refractivity contribution in [3.8, 4) is 0 Å². The van der Waals surface area contributed by atoms with Crippen LogP contribution in [-0.4, -0.2) is 16.1 Å². The van der Waals surface area contributed by atoms with E-state index in [9.17, 15) is 4.79 Å². The first kappa shape index (κ1) is 7.03. The van der Waals surface area contributed by atoms with E-state index in [4.69, 9.17) is 5.11 Å². The molecule has 3 heteroatoms. The number of rotatable bonds is 1. The van der Waals surface area contributed by atoms with Crippen LogP contribution < -0.4 is 0 Å². The smallest absolute Gasteiger partial charge is 0.354 e. The third kappa shape index (κ3) is 0.993. The Morgan fingerprint density at radius 1 is 1.50 bits per heavy atom. The van der Waals surface area contributed by atoms with Crippen LogP contribution in [0, 0.1) is 0 Å². The molecule has 0 bridgehead atoms. The first-order valence-corrected chi connectivity index (χ1v) is 3.67. The van der Waals surface area contributed by atoms with Gasteiger partial charge in [-0.3, -0.25) is 0 Å². The number of fused-ring (bicyclic) bond motifs is 1. The zero-order valence-electron chi connectivity index (χ0n) is 6.32. The van der Waals surface area contributed by atoms with Gasteiger partial charge in [0.15, 0.2) is 0 Å². The molecule has 3 nitrogen and oxygen atoms in total. The second kappa shape index (κ2) is 2.44. The second-order valence-corrected chi connectivity index (χ2v) is 2.65. The molecule has 2 rings (SSSR count). The number of aromatic carboxylic acids is 1. The van der Waals surface area contributed by atoms with Crippen LogP contribution in [-0.2, 0) is 6.42 Å². The van der Waals surface area contributed by atoms with E-state index in [2.05, 4.69) is 4.98 Å². The van der Waals surface area contributed by atoms with E-state index in [-0.39, 0.29) is 5.69 Å². The highest BCUT2D eigenvalue weighted by Crippen LogP contribution is 2.17. The predicted molar refractivity (Wildman–Crippen MR) is 43.9 cm³/mol. The lowest BCUT2D eigenvalue weighted by atomic mass is 10.2. The molecule has 1 heterocycles. The summed E-state index contributed by atoms with van der Waals surface area (Å²) < 4.78 is 0. The summed E-state index contributed by atoms with van der Waals surface area (Å²) in [6.07, 6.45) is 4.69. The molecule has 0 spiro atoms. The normalized spacial score (nSPS) is 13.0. The van der Waals surface area contributed by atoms with Gasteiger partial charge in [0.1, 0.15) is 5.69 Å². The average Bonchev–Trinajstić information content (AvgIpc) is 2.49. The van der Waals surface area contributed by atoms with Gasteiger partial charge in [0.2, 0.25) is 0 Å². The third-order valence-electron chi connectivity index (χ3n) is 1.84. The fraction of sp³-hybridized carbons (Fsp3) is 0.111. The van der Waals surface area contributed by atoms with Crippen molar-refractivity contribution in [1.82, 2.24) is 4.98 Å². The van der Waals surface area contributed by atoms with Gasteiger partial charge in [-0.2, -0.15) is 0 Å². The number of hydrogen-bond donors (Lipinski definition) is 1. The van der Waals surface area contributed by atoms with Crippen molar-refractivity contribution >= 4 is 12.0 Å². The topological polar surface area (TPSA) is 50.2 Å². The largest absolute Gasteiger partial charge is 0.477 e. The molecule has 12 heavy (non-hydrogen) atoms. The Morgan fingerprint density at radius 2 is 2.33 bits per heavy atom. The number of allylic oxidation sites excluding steroid dienone is 1. The molecule has 0 saturated carbocycles. The van der Waals surface area contributed by atoms with Gasteiger partial charge in [-0.15, -0.1) is 0 Å². The molecule has 0 aliphatic heterocycles. The Labute approximate surface area is 69.4 Å². The Hall–Kier alpha value is -1.64. The van der Waals surface area contributed by atoms with Gasteiger partial charge >= 0.3 is 5.97 Å². The van der Waals surface area contributed by atoms with Gasteiger partial charge in [-0.25, -0.2) is 9.78 Å². The maximum Gasteiger partial charge on any atom is 0.354 e. The minimum absolute atomic E-state index is 0.111. The van der Waals surface area contributed by atoms with Crippen LogP contribution in [0.3, 0.4) is 0 Å². The number of carboxylic acids is 1. The van der Waals surface area contributed by atoms with E-state index in [0.717, 1.165) is 17.7 Å². The molecule has 1 N–H and O–H groups in total. The first-order chi connectivity index (χ1) is 5.77. The molecule has 1 aromatic rings. The van der Waals surface area contributed by atoms with Crippen molar-refractivity contribution in [2.24, 2.45) is 0 Å². The highest BCUT2D eigenvalue weighted by atomic mass is 16.4. The average molecular weight is 161 g/mol. The number of hydrogen-bond acceptors (Lipinski definition) is 2. The van der Waals surface area contributed by atoms with Crippen molar-refractivity contribution in [3.63, 3.8) is 0 Å². The summed E-state index contributed by atoms with van der Waals surface area (Å²) in [4.78, 5) is 14.5. The molecule has 1 aliphatic rings. The lowest BCUT2D eigenvalue weighted by Gasteiger charge is -1.98. The highest BCUT2D eigenvalue weighted by Gasteiger charge is 2.10. The van der Waals surface area contributed by atoms with Crippen molar-refractivity contribution in [3.05, 3.63) is 35.2 Å². The molecule has 0 unspecified atom stereocenters. The minimum atomic E-state index is -0.974. The second-order valence-electron chi connectivity index (χ2n) is 2.65. The lowest BCUT2D eigenvalue weighted by Crippen LogP contribution is -2.01. The quantitative estimate of drug-likeness (QED) is 0.676. The molecule has 0 saturated heterocycles. The number of pyridine rings is 1. The van der Waals surface area contributed by atoms with E-state index >= 15 is 0 Å². The van der Waals surface area contributed by atoms with E-state index in [0.29, 0.717) is 0 Å². The monoisotopic (exact) mass is 161 g/mol. The molecule has 0 amide bonds. The van der Waals surface area contributed by atoms with Crippen molar-refractivity contribution in [1.29, 1.82) is 0 Å². The zero-order chi connectivity index (χ0) is 8.55. The summed E-state index contributed by atoms with van der Waals surface area (Å²) in [6, 6.07) is 3.35. The van der Waals surface area contributed by atoms with E-state index in [1.165, 1.54) is 6.07 Å². The standard InChI is InChI=1S/C9H7NO2/c11-9(12)8-5-4-6-2-1-3-7(6)10-8/h1,3-5H,2H2,(H,11,12). The molecule has 0 fully saturated rings. The van der Waals surface area contributed by atoms with Crippen LogP contribution in [0.2, 0.25) is 0 Å². The molecule has 0 radical (unpaired) electrons. The SMILES string of the molecule is O=C(O)c1ccc2c(n1)C=CC2. The summed E-state index contributed by atoms with van der Waals surface area (Å²) in [5.74, 6) is -0.974.